The van der Waals surface area contributed by atoms with Crippen molar-refractivity contribution in [3.05, 3.63) is 24.3 Å². The number of rotatable bonds is 9. The van der Waals surface area contributed by atoms with Crippen LogP contribution in [0, 0.1) is 0 Å². The van der Waals surface area contributed by atoms with Gasteiger partial charge in [0.15, 0.2) is 0 Å². The van der Waals surface area contributed by atoms with Crippen molar-refractivity contribution < 1.29 is 8.42 Å². The average Bonchev–Trinajstić information content (AvgIpc) is 2.43. The van der Waals surface area contributed by atoms with Gasteiger partial charge in [0.1, 0.15) is 16.2 Å². The summed E-state index contributed by atoms with van der Waals surface area (Å²) in [5, 5.41) is 3.40. The molecule has 0 aromatic carbocycles. The Morgan fingerprint density at radius 1 is 1.37 bits per heavy atom. The number of hydrogen-bond donors (Lipinski definition) is 1. The molecule has 1 aromatic heterocycles. The van der Waals surface area contributed by atoms with Crippen LogP contribution in [-0.4, -0.2) is 36.4 Å². The Morgan fingerprint density at radius 3 is 2.74 bits per heavy atom. The quantitative estimate of drug-likeness (QED) is 0.748. The molecule has 1 rings (SSSR count). The Bertz CT molecular complexity index is 448. The highest BCUT2D eigenvalue weighted by Crippen LogP contribution is 2.16. The maximum absolute atomic E-state index is 11.5. The molecular weight excluding hydrogens is 262 g/mol. The van der Waals surface area contributed by atoms with Gasteiger partial charge in [0.2, 0.25) is 0 Å². The molecule has 0 bridgehead atoms. The molecule has 1 unspecified atom stereocenters. The van der Waals surface area contributed by atoms with Gasteiger partial charge < -0.3 is 5.32 Å². The lowest BCUT2D eigenvalue weighted by atomic mass is 10.1. The molecule has 0 radical (unpaired) electrons. The van der Waals surface area contributed by atoms with Gasteiger partial charge in [-0.05, 0) is 31.9 Å². The van der Waals surface area contributed by atoms with Crippen LogP contribution < -0.4 is 5.32 Å². The summed E-state index contributed by atoms with van der Waals surface area (Å²) in [6, 6.07) is 1.98. The monoisotopic (exact) mass is 285 g/mol. The lowest BCUT2D eigenvalue weighted by Gasteiger charge is -2.17. The second-order valence-electron chi connectivity index (χ2n) is 4.52. The van der Waals surface area contributed by atoms with Gasteiger partial charge in [-0.2, -0.15) is 0 Å². The third-order valence-corrected chi connectivity index (χ3v) is 4.78. The fourth-order valence-electron chi connectivity index (χ4n) is 1.83. The summed E-state index contributed by atoms with van der Waals surface area (Å²) in [6.45, 7) is 4.69. The standard InChI is InChI=1S/C13H23N3O2S/c1-3-8-15-12(13-7-9-14-11-16-13)6-5-10-19(17,18)4-2/h7,9,11-12,15H,3-6,8,10H2,1-2H3. The van der Waals surface area contributed by atoms with Gasteiger partial charge in [-0.15, -0.1) is 0 Å². The predicted octanol–water partition coefficient (Wildman–Crippen LogP) is 1.73. The van der Waals surface area contributed by atoms with Gasteiger partial charge in [-0.1, -0.05) is 13.8 Å². The third-order valence-electron chi connectivity index (χ3n) is 2.99. The van der Waals surface area contributed by atoms with Crippen LogP contribution in [0.2, 0.25) is 0 Å². The molecule has 6 heteroatoms. The third kappa shape index (κ3) is 6.11. The highest BCUT2D eigenvalue weighted by molar-refractivity contribution is 7.91. The molecule has 1 heterocycles. The van der Waals surface area contributed by atoms with E-state index in [0.717, 1.165) is 25.1 Å². The highest BCUT2D eigenvalue weighted by atomic mass is 32.2. The topological polar surface area (TPSA) is 72.0 Å². The normalized spacial score (nSPS) is 13.4. The van der Waals surface area contributed by atoms with Gasteiger partial charge in [-0.3, -0.25) is 0 Å². The number of hydrogen-bond acceptors (Lipinski definition) is 5. The number of sulfone groups is 1. The van der Waals surface area contributed by atoms with E-state index >= 15 is 0 Å². The Morgan fingerprint density at radius 2 is 2.16 bits per heavy atom. The van der Waals surface area contributed by atoms with Crippen LogP contribution in [0.1, 0.15) is 44.8 Å². The number of nitrogens with one attached hydrogen (secondary N) is 1. The van der Waals surface area contributed by atoms with Gasteiger partial charge in [-0.25, -0.2) is 18.4 Å². The van der Waals surface area contributed by atoms with E-state index in [-0.39, 0.29) is 17.5 Å². The fraction of sp³-hybridized carbons (Fsp3) is 0.692. The summed E-state index contributed by atoms with van der Waals surface area (Å²) < 4.78 is 23.0. The highest BCUT2D eigenvalue weighted by Gasteiger charge is 2.14. The predicted molar refractivity (Wildman–Crippen MR) is 76.6 cm³/mol. The Kier molecular flexibility index (Phi) is 6.94. The zero-order valence-electron chi connectivity index (χ0n) is 11.7. The molecule has 0 spiro atoms. The van der Waals surface area contributed by atoms with Crippen LogP contribution in [0.3, 0.4) is 0 Å². The van der Waals surface area contributed by atoms with E-state index in [4.69, 9.17) is 0 Å². The molecule has 19 heavy (non-hydrogen) atoms. The largest absolute Gasteiger partial charge is 0.309 e. The van der Waals surface area contributed by atoms with E-state index in [0.29, 0.717) is 6.42 Å². The molecule has 5 nitrogen and oxygen atoms in total. The van der Waals surface area contributed by atoms with Crippen molar-refractivity contribution in [2.75, 3.05) is 18.1 Å². The first-order chi connectivity index (χ1) is 9.09. The van der Waals surface area contributed by atoms with E-state index in [9.17, 15) is 8.42 Å². The number of nitrogens with zero attached hydrogens (tertiary/aromatic N) is 2. The molecule has 0 aliphatic carbocycles. The summed E-state index contributed by atoms with van der Waals surface area (Å²) in [5.74, 6) is 0.465. The van der Waals surface area contributed by atoms with Crippen LogP contribution in [0.4, 0.5) is 0 Å². The van der Waals surface area contributed by atoms with E-state index in [1.807, 2.05) is 6.07 Å². The van der Waals surface area contributed by atoms with Crippen molar-refractivity contribution in [2.45, 2.75) is 39.2 Å². The first kappa shape index (κ1) is 16.0. The minimum Gasteiger partial charge on any atom is -0.309 e. The van der Waals surface area contributed by atoms with Crippen LogP contribution in [0.15, 0.2) is 18.6 Å². The first-order valence-electron chi connectivity index (χ1n) is 6.78. The molecule has 0 aliphatic heterocycles. The summed E-state index contributed by atoms with van der Waals surface area (Å²) in [5.41, 5.74) is 0.928. The number of aromatic nitrogens is 2. The van der Waals surface area contributed by atoms with Crippen molar-refractivity contribution in [1.82, 2.24) is 15.3 Å². The van der Waals surface area contributed by atoms with Gasteiger partial charge in [0.05, 0.1) is 11.4 Å². The molecule has 1 aromatic rings. The van der Waals surface area contributed by atoms with E-state index in [1.165, 1.54) is 6.33 Å². The lowest BCUT2D eigenvalue weighted by Crippen LogP contribution is -2.24. The van der Waals surface area contributed by atoms with Gasteiger partial charge in [0.25, 0.3) is 0 Å². The smallest absolute Gasteiger partial charge is 0.150 e. The van der Waals surface area contributed by atoms with Crippen molar-refractivity contribution in [2.24, 2.45) is 0 Å². The van der Waals surface area contributed by atoms with Crippen molar-refractivity contribution >= 4 is 9.84 Å². The van der Waals surface area contributed by atoms with Crippen LogP contribution >= 0.6 is 0 Å². The Labute approximate surface area is 115 Å². The minimum absolute atomic E-state index is 0.106. The SMILES string of the molecule is CCCNC(CCCS(=O)(=O)CC)c1ccncn1. The van der Waals surface area contributed by atoms with Crippen LogP contribution in [-0.2, 0) is 9.84 Å². The van der Waals surface area contributed by atoms with Gasteiger partial charge in [0, 0.05) is 18.0 Å². The summed E-state index contributed by atoms with van der Waals surface area (Å²) in [4.78, 5) is 8.15. The van der Waals surface area contributed by atoms with E-state index < -0.39 is 9.84 Å². The van der Waals surface area contributed by atoms with Crippen molar-refractivity contribution in [1.29, 1.82) is 0 Å². The molecule has 0 saturated heterocycles. The Balaban J connectivity index is 2.56. The second kappa shape index (κ2) is 8.22. The lowest BCUT2D eigenvalue weighted by molar-refractivity contribution is 0.481. The molecule has 1 N–H and O–H groups in total. The zero-order valence-corrected chi connectivity index (χ0v) is 12.5. The summed E-state index contributed by atoms with van der Waals surface area (Å²) >= 11 is 0. The molecule has 108 valence electrons. The molecule has 0 saturated carbocycles. The van der Waals surface area contributed by atoms with Crippen LogP contribution in [0.25, 0.3) is 0 Å². The first-order valence-corrected chi connectivity index (χ1v) is 8.61. The van der Waals surface area contributed by atoms with Crippen molar-refractivity contribution in [3.63, 3.8) is 0 Å². The maximum atomic E-state index is 11.5. The van der Waals surface area contributed by atoms with E-state index in [2.05, 4.69) is 22.2 Å². The Hall–Kier alpha value is -1.01. The minimum atomic E-state index is -2.88. The molecule has 0 fully saturated rings. The van der Waals surface area contributed by atoms with Gasteiger partial charge >= 0.3 is 0 Å². The molecule has 0 aliphatic rings. The molecule has 1 atom stereocenters. The average molecular weight is 285 g/mol. The van der Waals surface area contributed by atoms with Crippen LogP contribution in [0.5, 0.6) is 0 Å². The maximum Gasteiger partial charge on any atom is 0.150 e. The summed E-state index contributed by atoms with van der Waals surface area (Å²) in [6.07, 6.45) is 5.71. The molecule has 0 amide bonds. The molecular formula is C13H23N3O2S. The summed E-state index contributed by atoms with van der Waals surface area (Å²) in [7, 11) is -2.88. The van der Waals surface area contributed by atoms with E-state index in [1.54, 1.807) is 13.1 Å². The zero-order chi connectivity index (χ0) is 14.1. The second-order valence-corrected chi connectivity index (χ2v) is 6.99. The fourth-order valence-corrected chi connectivity index (χ4v) is 2.73. The van der Waals surface area contributed by atoms with Crippen molar-refractivity contribution in [3.8, 4) is 0 Å².